The molecule has 1 fully saturated rings. The number of methoxy groups -OCH3 is 1. The summed E-state index contributed by atoms with van der Waals surface area (Å²) in [6.07, 6.45) is -0.0150. The molecule has 0 aromatic heterocycles. The number of carbonyl (C=O) groups excluding carboxylic acids is 1. The van der Waals surface area contributed by atoms with E-state index in [1.54, 1.807) is 19.2 Å². The molecule has 126 valence electrons. The first kappa shape index (κ1) is 16.2. The van der Waals surface area contributed by atoms with Gasteiger partial charge in [-0.15, -0.1) is 0 Å². The lowest BCUT2D eigenvalue weighted by Crippen LogP contribution is -2.68. The van der Waals surface area contributed by atoms with Crippen LogP contribution in [0.1, 0.15) is 5.56 Å². The van der Waals surface area contributed by atoms with Crippen LogP contribution in [-0.2, 0) is 11.2 Å². The Hall–Kier alpha value is -2.64. The standard InChI is InChI=1S/C17H19FN4O2/c1-24-15-5-3-2-4-13(15)19-17-20-16(23)14(21-22-17)10-11-6-8-12(18)9-7-11/h2-9,14,17,19,21-22H,10H2,1H3,(H,20,23). The minimum Gasteiger partial charge on any atom is -0.495 e. The summed E-state index contributed by atoms with van der Waals surface area (Å²) in [6.45, 7) is 0. The predicted molar refractivity (Wildman–Crippen MR) is 88.7 cm³/mol. The summed E-state index contributed by atoms with van der Waals surface area (Å²) < 4.78 is 18.2. The SMILES string of the molecule is COc1ccccc1NC1NNC(Cc2ccc(F)cc2)C(=O)N1. The number of ether oxygens (including phenoxy) is 1. The van der Waals surface area contributed by atoms with Crippen LogP contribution in [0.15, 0.2) is 48.5 Å². The van der Waals surface area contributed by atoms with Gasteiger partial charge in [0.05, 0.1) is 12.8 Å². The Labute approximate surface area is 139 Å². The zero-order valence-electron chi connectivity index (χ0n) is 13.2. The van der Waals surface area contributed by atoms with Crippen LogP contribution >= 0.6 is 0 Å². The second kappa shape index (κ2) is 7.29. The number of amides is 1. The number of halogens is 1. The molecule has 0 bridgehead atoms. The monoisotopic (exact) mass is 330 g/mol. The van der Waals surface area contributed by atoms with Crippen LogP contribution in [0.2, 0.25) is 0 Å². The van der Waals surface area contributed by atoms with Crippen LogP contribution in [-0.4, -0.2) is 25.3 Å². The summed E-state index contributed by atoms with van der Waals surface area (Å²) in [5.74, 6) is 0.242. The van der Waals surface area contributed by atoms with E-state index in [4.69, 9.17) is 4.74 Å². The second-order valence-electron chi connectivity index (χ2n) is 5.46. The average molecular weight is 330 g/mol. The fourth-order valence-corrected chi connectivity index (χ4v) is 2.52. The Kier molecular flexibility index (Phi) is 4.93. The first-order valence-corrected chi connectivity index (χ1v) is 7.61. The van der Waals surface area contributed by atoms with Gasteiger partial charge in [0.15, 0.2) is 6.29 Å². The number of nitrogens with one attached hydrogen (secondary N) is 4. The first-order valence-electron chi connectivity index (χ1n) is 7.61. The third-order valence-electron chi connectivity index (χ3n) is 3.76. The van der Waals surface area contributed by atoms with E-state index in [1.807, 2.05) is 24.3 Å². The number of hydrogen-bond acceptors (Lipinski definition) is 5. The van der Waals surface area contributed by atoms with Crippen LogP contribution in [0, 0.1) is 5.82 Å². The van der Waals surface area contributed by atoms with E-state index in [0.29, 0.717) is 12.2 Å². The highest BCUT2D eigenvalue weighted by molar-refractivity contribution is 5.83. The molecule has 1 heterocycles. The van der Waals surface area contributed by atoms with E-state index >= 15 is 0 Å². The van der Waals surface area contributed by atoms with Gasteiger partial charge in [0.25, 0.3) is 0 Å². The zero-order valence-corrected chi connectivity index (χ0v) is 13.2. The van der Waals surface area contributed by atoms with Gasteiger partial charge in [-0.3, -0.25) is 4.79 Å². The van der Waals surface area contributed by atoms with Gasteiger partial charge < -0.3 is 15.4 Å². The quantitative estimate of drug-likeness (QED) is 0.666. The van der Waals surface area contributed by atoms with Gasteiger partial charge in [0.1, 0.15) is 17.6 Å². The zero-order chi connectivity index (χ0) is 16.9. The summed E-state index contributed by atoms with van der Waals surface area (Å²) >= 11 is 0. The maximum absolute atomic E-state index is 12.9. The lowest BCUT2D eigenvalue weighted by Gasteiger charge is -2.32. The molecule has 0 radical (unpaired) electrons. The summed E-state index contributed by atoms with van der Waals surface area (Å²) in [4.78, 5) is 12.3. The third kappa shape index (κ3) is 3.81. The predicted octanol–water partition coefficient (Wildman–Crippen LogP) is 1.37. The minimum absolute atomic E-state index is 0.148. The Morgan fingerprint density at radius 3 is 2.58 bits per heavy atom. The molecule has 1 aliphatic rings. The normalized spacial score (nSPS) is 20.3. The van der Waals surface area contributed by atoms with Crippen molar-refractivity contribution in [2.75, 3.05) is 12.4 Å². The number of para-hydroxylation sites is 2. The molecule has 2 atom stereocenters. The average Bonchev–Trinajstić information content (AvgIpc) is 2.60. The van der Waals surface area contributed by atoms with Crippen molar-refractivity contribution >= 4 is 11.6 Å². The van der Waals surface area contributed by atoms with Gasteiger partial charge in [0.2, 0.25) is 5.91 Å². The topological polar surface area (TPSA) is 74.4 Å². The van der Waals surface area contributed by atoms with Crippen molar-refractivity contribution in [2.45, 2.75) is 18.8 Å². The molecular formula is C17H19FN4O2. The number of rotatable bonds is 5. The number of hydrazine groups is 1. The van der Waals surface area contributed by atoms with Crippen LogP contribution < -0.4 is 26.2 Å². The van der Waals surface area contributed by atoms with Gasteiger partial charge in [-0.1, -0.05) is 24.3 Å². The largest absolute Gasteiger partial charge is 0.495 e. The number of anilines is 1. The second-order valence-corrected chi connectivity index (χ2v) is 5.46. The molecule has 3 rings (SSSR count). The van der Waals surface area contributed by atoms with Crippen LogP contribution in [0.25, 0.3) is 0 Å². The minimum atomic E-state index is -0.474. The number of hydrogen-bond donors (Lipinski definition) is 4. The molecule has 2 aromatic carbocycles. The molecule has 1 aliphatic heterocycles. The van der Waals surface area contributed by atoms with E-state index in [9.17, 15) is 9.18 Å². The Morgan fingerprint density at radius 1 is 1.12 bits per heavy atom. The van der Waals surface area contributed by atoms with Crippen LogP contribution in [0.3, 0.4) is 0 Å². The molecule has 2 unspecified atom stereocenters. The molecular weight excluding hydrogens is 311 g/mol. The fourth-order valence-electron chi connectivity index (χ4n) is 2.52. The van der Waals surface area contributed by atoms with Crippen molar-refractivity contribution in [3.63, 3.8) is 0 Å². The maximum Gasteiger partial charge on any atom is 0.241 e. The number of benzene rings is 2. The summed E-state index contributed by atoms with van der Waals surface area (Å²) in [7, 11) is 1.59. The van der Waals surface area contributed by atoms with E-state index in [2.05, 4.69) is 21.5 Å². The molecule has 0 spiro atoms. The molecule has 0 aliphatic carbocycles. The molecule has 1 saturated heterocycles. The fraction of sp³-hybridized carbons (Fsp3) is 0.235. The summed E-state index contributed by atoms with van der Waals surface area (Å²) in [5, 5.41) is 5.99. The van der Waals surface area contributed by atoms with Gasteiger partial charge in [-0.05, 0) is 36.2 Å². The van der Waals surface area contributed by atoms with E-state index in [0.717, 1.165) is 11.3 Å². The third-order valence-corrected chi connectivity index (χ3v) is 3.76. The molecule has 4 N–H and O–H groups in total. The molecule has 6 nitrogen and oxygen atoms in total. The van der Waals surface area contributed by atoms with Crippen molar-refractivity contribution in [1.29, 1.82) is 0 Å². The lowest BCUT2D eigenvalue weighted by molar-refractivity contribution is -0.126. The Balaban J connectivity index is 1.59. The van der Waals surface area contributed by atoms with Crippen molar-refractivity contribution in [3.8, 4) is 5.75 Å². The van der Waals surface area contributed by atoms with E-state index in [1.165, 1.54) is 12.1 Å². The maximum atomic E-state index is 12.9. The molecule has 2 aromatic rings. The van der Waals surface area contributed by atoms with Crippen LogP contribution in [0.5, 0.6) is 5.75 Å². The van der Waals surface area contributed by atoms with Crippen molar-refractivity contribution in [2.24, 2.45) is 0 Å². The van der Waals surface area contributed by atoms with Crippen molar-refractivity contribution < 1.29 is 13.9 Å². The van der Waals surface area contributed by atoms with Crippen molar-refractivity contribution in [3.05, 3.63) is 59.9 Å². The smallest absolute Gasteiger partial charge is 0.241 e. The van der Waals surface area contributed by atoms with Gasteiger partial charge >= 0.3 is 0 Å². The highest BCUT2D eigenvalue weighted by Gasteiger charge is 2.27. The highest BCUT2D eigenvalue weighted by Crippen LogP contribution is 2.23. The lowest BCUT2D eigenvalue weighted by atomic mass is 10.1. The first-order chi connectivity index (χ1) is 11.7. The van der Waals surface area contributed by atoms with Gasteiger partial charge in [-0.25, -0.2) is 15.2 Å². The molecule has 24 heavy (non-hydrogen) atoms. The van der Waals surface area contributed by atoms with E-state index in [-0.39, 0.29) is 11.7 Å². The van der Waals surface area contributed by atoms with Gasteiger partial charge in [0, 0.05) is 0 Å². The highest BCUT2D eigenvalue weighted by atomic mass is 19.1. The van der Waals surface area contributed by atoms with Crippen LogP contribution in [0.4, 0.5) is 10.1 Å². The summed E-state index contributed by atoms with van der Waals surface area (Å²) in [6, 6.07) is 13.1. The molecule has 0 saturated carbocycles. The van der Waals surface area contributed by atoms with Crippen molar-refractivity contribution in [1.82, 2.24) is 16.2 Å². The molecule has 1 amide bonds. The summed E-state index contributed by atoms with van der Waals surface area (Å²) in [5.41, 5.74) is 7.63. The Morgan fingerprint density at radius 2 is 1.88 bits per heavy atom. The Bertz CT molecular complexity index is 708. The number of carbonyl (C=O) groups is 1. The molecule has 7 heteroatoms. The van der Waals surface area contributed by atoms with E-state index < -0.39 is 12.3 Å². The van der Waals surface area contributed by atoms with Gasteiger partial charge in [-0.2, -0.15) is 0 Å².